The predicted molar refractivity (Wildman–Crippen MR) is 32.9 cm³/mol. The second kappa shape index (κ2) is 51.1. The Morgan fingerprint density at radius 3 is 0.533 bits per heavy atom. The first kappa shape index (κ1) is 90.8. The fraction of sp³-hybridized carbons (Fsp3) is 0. The molecule has 0 heterocycles. The zero-order valence-electron chi connectivity index (χ0n) is 8.58. The van der Waals surface area contributed by atoms with Gasteiger partial charge in [0.25, 0.3) is 0 Å². The minimum absolute atomic E-state index is 0. The van der Waals surface area contributed by atoms with Crippen LogP contribution in [-0.2, 0) is 4.57 Å². The molecule has 0 unspecified atom stereocenters. The van der Waals surface area contributed by atoms with E-state index in [-0.39, 0.29) is 192 Å². The van der Waals surface area contributed by atoms with Gasteiger partial charge in [0.2, 0.25) is 0 Å². The van der Waals surface area contributed by atoms with Gasteiger partial charge in [0.15, 0.2) is 0 Å². The molecule has 0 fully saturated rings. The number of phosphoric acid groups is 1. The molecule has 14 N–H and O–H groups in total. The van der Waals surface area contributed by atoms with E-state index in [1.165, 1.54) is 0 Å². The number of hydrogen-bond acceptors (Lipinski definition) is 4. The molecule has 0 amide bonds. The minimum atomic E-state index is -5.39. The Bertz CT molecular complexity index is 62.0. The number of hydrogen-bond donors (Lipinski definition) is 0. The third-order valence-corrected chi connectivity index (χ3v) is 0. The Morgan fingerprint density at radius 2 is 0.533 bits per heavy atom. The largest absolute Gasteiger partial charge is 1.00 e. The van der Waals surface area contributed by atoms with E-state index in [9.17, 15) is 0 Å². The Hall–Kier alpha value is 4.74. The zero-order valence-corrected chi connectivity index (χ0v) is 18.8. The van der Waals surface area contributed by atoms with Gasteiger partial charge in [-0.3, -0.25) is 0 Å². The summed E-state index contributed by atoms with van der Waals surface area (Å²) in [4.78, 5) is 25.6. The Morgan fingerprint density at radius 1 is 0.533 bits per heavy atom. The van der Waals surface area contributed by atoms with Crippen LogP contribution in [0.4, 0.5) is 0 Å². The summed E-state index contributed by atoms with van der Waals surface area (Å²) in [7, 11) is -5.39. The maximum absolute atomic E-state index is 8.55. The summed E-state index contributed by atoms with van der Waals surface area (Å²) in [5.41, 5.74) is 0. The Balaban J connectivity index is -0.00000000178. The van der Waals surface area contributed by atoms with E-state index in [1.54, 1.807) is 0 Å². The monoisotopic (exact) mass is 338 g/mol. The van der Waals surface area contributed by atoms with Crippen LogP contribution >= 0.6 is 7.82 Å². The molecule has 0 rings (SSSR count). The fourth-order valence-corrected chi connectivity index (χ4v) is 0. The maximum Gasteiger partial charge on any atom is 1.00 e. The van der Waals surface area contributed by atoms with Crippen molar-refractivity contribution in [2.45, 2.75) is 0 Å². The van der Waals surface area contributed by atoms with Crippen LogP contribution in [0.15, 0.2) is 0 Å². The molecule has 88 valence electrons. The first-order valence-corrected chi connectivity index (χ1v) is 2.19. The molecule has 0 spiro atoms. The summed E-state index contributed by atoms with van der Waals surface area (Å²) in [6.07, 6.45) is 0. The summed E-state index contributed by atoms with van der Waals surface area (Å²) in [6, 6.07) is 0. The summed E-state index contributed by atoms with van der Waals surface area (Å²) in [5.74, 6) is 0. The van der Waals surface area contributed by atoms with Gasteiger partial charge in [-0.15, -0.1) is 0 Å². The predicted octanol–water partition coefficient (Wildman–Crippen LogP) is -17.6. The van der Waals surface area contributed by atoms with E-state index >= 15 is 0 Å². The van der Waals surface area contributed by atoms with Crippen LogP contribution in [0, 0.1) is 0 Å². The molecule has 0 atom stereocenters. The molecule has 0 saturated heterocycles. The molecular weight excluding hydrogens is 324 g/mol. The van der Waals surface area contributed by atoms with Crippen LogP contribution in [-0.4, -0.2) is 38.3 Å². The van der Waals surface area contributed by atoms with Crippen LogP contribution < -0.4 is 169 Å². The average molecular weight is 338 g/mol. The molecule has 15 heteroatoms. The summed E-state index contributed by atoms with van der Waals surface area (Å²) < 4.78 is 8.55. The van der Waals surface area contributed by atoms with Crippen LogP contribution in [0.3, 0.4) is 0 Å². The quantitative estimate of drug-likeness (QED) is 0.306. The molecule has 0 saturated carbocycles. The standard InChI is InChI=1S/3K.H3O4P.7H2O/c;;;1-5(2,3)4;;;;;;;/h;;;(H3,1,2,3,4);7*1H2/q3*+1;;;;;;;;/p-3. The third kappa shape index (κ3) is 234. The van der Waals surface area contributed by atoms with Crippen LogP contribution in [0.25, 0.3) is 0 Å². The van der Waals surface area contributed by atoms with Crippen molar-refractivity contribution in [3.05, 3.63) is 0 Å². The normalized spacial score (nSPS) is 3.93. The van der Waals surface area contributed by atoms with Gasteiger partial charge in [-0.05, 0) is 0 Å². The van der Waals surface area contributed by atoms with Gasteiger partial charge in [0.05, 0.1) is 0 Å². The van der Waals surface area contributed by atoms with E-state index in [2.05, 4.69) is 0 Å². The summed E-state index contributed by atoms with van der Waals surface area (Å²) in [5, 5.41) is 0. The van der Waals surface area contributed by atoms with E-state index in [0.29, 0.717) is 0 Å². The van der Waals surface area contributed by atoms with Gasteiger partial charge in [-0.25, -0.2) is 0 Å². The molecule has 0 aromatic rings. The van der Waals surface area contributed by atoms with Crippen molar-refractivity contribution in [2.75, 3.05) is 0 Å². The summed E-state index contributed by atoms with van der Waals surface area (Å²) >= 11 is 0. The SMILES string of the molecule is O.O.O.O.O.O.O.O=P([O-])([O-])[O-].[K+].[K+].[K+]. The molecule has 0 aromatic heterocycles. The van der Waals surface area contributed by atoms with Gasteiger partial charge in [-0.2, -0.15) is 7.82 Å². The van der Waals surface area contributed by atoms with Crippen LogP contribution in [0.1, 0.15) is 0 Å². The third-order valence-electron chi connectivity index (χ3n) is 0. The minimum Gasteiger partial charge on any atom is -0.822 e. The fourth-order valence-electron chi connectivity index (χ4n) is 0. The van der Waals surface area contributed by atoms with Crippen molar-refractivity contribution in [3.63, 3.8) is 0 Å². The molecule has 0 aliphatic carbocycles. The average Bonchev–Trinajstić information content (AvgIpc) is 0.722. The summed E-state index contributed by atoms with van der Waals surface area (Å²) in [6.45, 7) is 0. The van der Waals surface area contributed by atoms with Gasteiger partial charge in [-0.1, -0.05) is 0 Å². The Kier molecular flexibility index (Phi) is 309. The van der Waals surface area contributed by atoms with Gasteiger partial charge in [0.1, 0.15) is 0 Å². The number of rotatable bonds is 0. The Labute approximate surface area is 213 Å². The van der Waals surface area contributed by atoms with Crippen molar-refractivity contribution in [1.29, 1.82) is 0 Å². The van der Waals surface area contributed by atoms with Crippen molar-refractivity contribution in [3.8, 4) is 0 Å². The maximum atomic E-state index is 8.55. The van der Waals surface area contributed by atoms with Crippen LogP contribution in [0.5, 0.6) is 0 Å². The first-order valence-electron chi connectivity index (χ1n) is 0.730. The van der Waals surface area contributed by atoms with Crippen LogP contribution in [0.2, 0.25) is 0 Å². The molecular formula is H14K3O11P. The van der Waals surface area contributed by atoms with Crippen molar-refractivity contribution < 1.29 is 212 Å². The molecule has 0 radical (unpaired) electrons. The van der Waals surface area contributed by atoms with Crippen molar-refractivity contribution >= 4 is 7.82 Å². The van der Waals surface area contributed by atoms with Crippen molar-refractivity contribution in [2.24, 2.45) is 0 Å². The molecule has 0 aliphatic heterocycles. The smallest absolute Gasteiger partial charge is 0.822 e. The molecule has 15 heavy (non-hydrogen) atoms. The van der Waals surface area contributed by atoms with E-state index in [0.717, 1.165) is 0 Å². The second-order valence-corrected chi connectivity index (χ2v) is 1.34. The van der Waals surface area contributed by atoms with Crippen molar-refractivity contribution in [1.82, 2.24) is 0 Å². The molecule has 0 aliphatic rings. The molecule has 0 aromatic carbocycles. The van der Waals surface area contributed by atoms with Gasteiger partial charge < -0.3 is 57.6 Å². The van der Waals surface area contributed by atoms with E-state index < -0.39 is 7.82 Å². The zero-order chi connectivity index (χ0) is 4.50. The first-order chi connectivity index (χ1) is 2.00. The second-order valence-electron chi connectivity index (χ2n) is 0.447. The molecule has 11 nitrogen and oxygen atoms in total. The molecule has 0 bridgehead atoms. The van der Waals surface area contributed by atoms with Gasteiger partial charge >= 0.3 is 154 Å². The van der Waals surface area contributed by atoms with Gasteiger partial charge in [0, 0.05) is 0 Å². The van der Waals surface area contributed by atoms with E-state index in [4.69, 9.17) is 19.2 Å². The van der Waals surface area contributed by atoms with E-state index in [1.807, 2.05) is 0 Å². The topological polar surface area (TPSA) is 307 Å².